The molecule has 0 aromatic carbocycles. The van der Waals surface area contributed by atoms with E-state index in [1.165, 1.54) is 44.9 Å². The largest absolute Gasteiger partial charge is 0.381 e. The Balaban J connectivity index is 2.25. The van der Waals surface area contributed by atoms with Crippen LogP contribution in [0.4, 0.5) is 0 Å². The van der Waals surface area contributed by atoms with Gasteiger partial charge in [-0.3, -0.25) is 0 Å². The van der Waals surface area contributed by atoms with Gasteiger partial charge in [-0.05, 0) is 44.6 Å². The summed E-state index contributed by atoms with van der Waals surface area (Å²) in [6.45, 7) is 7.44. The minimum atomic E-state index is 0.701. The zero-order valence-electron chi connectivity index (χ0n) is 11.8. The van der Waals surface area contributed by atoms with Crippen LogP contribution >= 0.6 is 0 Å². The summed E-state index contributed by atoms with van der Waals surface area (Å²) in [4.78, 5) is 0. The van der Waals surface area contributed by atoms with Crippen LogP contribution in [0.1, 0.15) is 65.2 Å². The van der Waals surface area contributed by atoms with E-state index < -0.39 is 0 Å². The molecule has 17 heavy (non-hydrogen) atoms. The van der Waals surface area contributed by atoms with Crippen molar-refractivity contribution < 1.29 is 4.74 Å². The van der Waals surface area contributed by atoms with Gasteiger partial charge in [0, 0.05) is 19.3 Å². The van der Waals surface area contributed by atoms with Gasteiger partial charge in [-0.25, -0.2) is 0 Å². The quantitative estimate of drug-likeness (QED) is 0.621. The molecule has 0 bridgehead atoms. The monoisotopic (exact) mass is 241 g/mol. The van der Waals surface area contributed by atoms with E-state index in [1.54, 1.807) is 0 Å². The van der Waals surface area contributed by atoms with E-state index in [-0.39, 0.29) is 0 Å². The molecule has 0 aromatic rings. The van der Waals surface area contributed by atoms with Crippen molar-refractivity contribution in [3.8, 4) is 0 Å². The number of hydrogen-bond acceptors (Lipinski definition) is 2. The van der Waals surface area contributed by atoms with Crippen molar-refractivity contribution in [1.29, 1.82) is 0 Å². The Labute approximate surface area is 108 Å². The van der Waals surface area contributed by atoms with Gasteiger partial charge in [-0.1, -0.05) is 33.1 Å². The molecule has 1 N–H and O–H groups in total. The number of ether oxygens (including phenoxy) is 1. The Kier molecular flexibility index (Phi) is 8.72. The average molecular weight is 241 g/mol. The molecule has 0 aromatic heterocycles. The van der Waals surface area contributed by atoms with Crippen molar-refractivity contribution in [1.82, 2.24) is 5.32 Å². The van der Waals surface area contributed by atoms with Crippen molar-refractivity contribution in [2.24, 2.45) is 5.92 Å². The second-order valence-electron chi connectivity index (χ2n) is 5.36. The minimum Gasteiger partial charge on any atom is -0.381 e. The summed E-state index contributed by atoms with van der Waals surface area (Å²) in [5, 5.41) is 3.74. The summed E-state index contributed by atoms with van der Waals surface area (Å²) in [5.74, 6) is 0.903. The van der Waals surface area contributed by atoms with Crippen LogP contribution in [0.15, 0.2) is 0 Å². The molecule has 0 saturated heterocycles. The fraction of sp³-hybridized carbons (Fsp3) is 1.00. The lowest BCUT2D eigenvalue weighted by Crippen LogP contribution is -2.38. The Morgan fingerprint density at radius 1 is 1.06 bits per heavy atom. The van der Waals surface area contributed by atoms with E-state index in [1.807, 2.05) is 0 Å². The molecule has 1 atom stereocenters. The summed E-state index contributed by atoms with van der Waals surface area (Å²) < 4.78 is 5.64. The van der Waals surface area contributed by atoms with Crippen molar-refractivity contribution in [2.45, 2.75) is 71.3 Å². The molecule has 0 heterocycles. The molecule has 0 radical (unpaired) electrons. The van der Waals surface area contributed by atoms with Crippen molar-refractivity contribution in [3.63, 3.8) is 0 Å². The molecular weight excluding hydrogens is 210 g/mol. The van der Waals surface area contributed by atoms with E-state index in [2.05, 4.69) is 19.2 Å². The summed E-state index contributed by atoms with van der Waals surface area (Å²) in [6.07, 6.45) is 10.7. The highest BCUT2D eigenvalue weighted by Crippen LogP contribution is 2.27. The first-order valence-electron chi connectivity index (χ1n) is 7.69. The summed E-state index contributed by atoms with van der Waals surface area (Å²) in [5.41, 5.74) is 0. The van der Waals surface area contributed by atoms with Crippen LogP contribution in [-0.4, -0.2) is 25.8 Å². The lowest BCUT2D eigenvalue weighted by atomic mass is 9.82. The third-order valence-electron chi connectivity index (χ3n) is 3.80. The van der Waals surface area contributed by atoms with Crippen LogP contribution in [0.2, 0.25) is 0 Å². The average Bonchev–Trinajstić information content (AvgIpc) is 2.39. The number of rotatable bonds is 9. The van der Waals surface area contributed by atoms with E-state index in [0.29, 0.717) is 6.04 Å². The molecular formula is C15H31NO. The molecule has 1 fully saturated rings. The Bertz CT molecular complexity index is 166. The topological polar surface area (TPSA) is 21.3 Å². The molecule has 1 unspecified atom stereocenters. The van der Waals surface area contributed by atoms with E-state index in [9.17, 15) is 0 Å². The lowest BCUT2D eigenvalue weighted by Gasteiger charge is -2.31. The molecule has 1 aliphatic rings. The van der Waals surface area contributed by atoms with Crippen LogP contribution in [-0.2, 0) is 4.74 Å². The summed E-state index contributed by atoms with van der Waals surface area (Å²) >= 11 is 0. The zero-order chi connectivity index (χ0) is 12.3. The molecule has 1 aliphatic carbocycles. The predicted octanol–water partition coefficient (Wildman–Crippen LogP) is 3.75. The van der Waals surface area contributed by atoms with E-state index in [4.69, 9.17) is 4.74 Å². The van der Waals surface area contributed by atoms with Gasteiger partial charge < -0.3 is 10.1 Å². The zero-order valence-corrected chi connectivity index (χ0v) is 11.8. The SMILES string of the molecule is CCCNC(CCOCCC)C1CCCCC1. The fourth-order valence-electron chi connectivity index (χ4n) is 2.83. The fourth-order valence-corrected chi connectivity index (χ4v) is 2.83. The van der Waals surface area contributed by atoms with Gasteiger partial charge >= 0.3 is 0 Å². The first kappa shape index (κ1) is 15.0. The second-order valence-corrected chi connectivity index (χ2v) is 5.36. The summed E-state index contributed by atoms with van der Waals surface area (Å²) in [6, 6.07) is 0.701. The van der Waals surface area contributed by atoms with Gasteiger partial charge in [0.05, 0.1) is 0 Å². The first-order chi connectivity index (χ1) is 8.38. The van der Waals surface area contributed by atoms with Crippen LogP contribution in [0, 0.1) is 5.92 Å². The Morgan fingerprint density at radius 3 is 2.47 bits per heavy atom. The van der Waals surface area contributed by atoms with Gasteiger partial charge in [0.15, 0.2) is 0 Å². The highest BCUT2D eigenvalue weighted by atomic mass is 16.5. The maximum absolute atomic E-state index is 5.64. The molecule has 0 amide bonds. The third kappa shape index (κ3) is 6.42. The molecule has 0 spiro atoms. The normalized spacial score (nSPS) is 19.4. The molecule has 1 saturated carbocycles. The van der Waals surface area contributed by atoms with Gasteiger partial charge in [-0.2, -0.15) is 0 Å². The smallest absolute Gasteiger partial charge is 0.0480 e. The van der Waals surface area contributed by atoms with Gasteiger partial charge in [-0.15, -0.1) is 0 Å². The lowest BCUT2D eigenvalue weighted by molar-refractivity contribution is 0.113. The van der Waals surface area contributed by atoms with Crippen LogP contribution in [0.25, 0.3) is 0 Å². The maximum Gasteiger partial charge on any atom is 0.0480 e. The van der Waals surface area contributed by atoms with E-state index in [0.717, 1.165) is 32.1 Å². The number of hydrogen-bond donors (Lipinski definition) is 1. The predicted molar refractivity (Wildman–Crippen MR) is 74.4 cm³/mol. The van der Waals surface area contributed by atoms with Gasteiger partial charge in [0.25, 0.3) is 0 Å². The second kappa shape index (κ2) is 9.90. The standard InChI is InChI=1S/C15H31NO/c1-3-11-16-15(10-13-17-12-4-2)14-8-6-5-7-9-14/h14-16H,3-13H2,1-2H3. The minimum absolute atomic E-state index is 0.701. The third-order valence-corrected chi connectivity index (χ3v) is 3.80. The van der Waals surface area contributed by atoms with Crippen LogP contribution in [0.3, 0.4) is 0 Å². The number of nitrogens with one attached hydrogen (secondary N) is 1. The highest BCUT2D eigenvalue weighted by molar-refractivity contribution is 4.79. The maximum atomic E-state index is 5.64. The van der Waals surface area contributed by atoms with Gasteiger partial charge in [0.1, 0.15) is 0 Å². The Hall–Kier alpha value is -0.0800. The molecule has 102 valence electrons. The van der Waals surface area contributed by atoms with E-state index >= 15 is 0 Å². The van der Waals surface area contributed by atoms with Crippen LogP contribution < -0.4 is 5.32 Å². The molecule has 0 aliphatic heterocycles. The van der Waals surface area contributed by atoms with Crippen molar-refractivity contribution in [2.75, 3.05) is 19.8 Å². The van der Waals surface area contributed by atoms with Crippen molar-refractivity contribution >= 4 is 0 Å². The van der Waals surface area contributed by atoms with Crippen LogP contribution in [0.5, 0.6) is 0 Å². The molecule has 2 heteroatoms. The summed E-state index contributed by atoms with van der Waals surface area (Å²) in [7, 11) is 0. The van der Waals surface area contributed by atoms with Crippen molar-refractivity contribution in [3.05, 3.63) is 0 Å². The highest BCUT2D eigenvalue weighted by Gasteiger charge is 2.22. The molecule has 2 nitrogen and oxygen atoms in total. The molecule has 1 rings (SSSR count). The van der Waals surface area contributed by atoms with Gasteiger partial charge in [0.2, 0.25) is 0 Å². The Morgan fingerprint density at radius 2 is 1.82 bits per heavy atom. The first-order valence-corrected chi connectivity index (χ1v) is 7.69.